The van der Waals surface area contributed by atoms with Crippen LogP contribution in [0.25, 0.3) is 16.0 Å². The van der Waals surface area contributed by atoms with E-state index in [4.69, 9.17) is 33.3 Å². The maximum atomic E-state index is 6.20. The van der Waals surface area contributed by atoms with Gasteiger partial charge >= 0.3 is 0 Å². The fraction of sp³-hybridized carbons (Fsp3) is 0.214. The van der Waals surface area contributed by atoms with Crippen molar-refractivity contribution in [1.82, 2.24) is 14.5 Å². The van der Waals surface area contributed by atoms with Crippen LogP contribution in [-0.4, -0.2) is 28.8 Å². The second-order valence-corrected chi connectivity index (χ2v) is 6.46. The van der Waals surface area contributed by atoms with Crippen LogP contribution in [0.4, 0.5) is 0 Å². The Kier molecular flexibility index (Phi) is 4.03. The van der Waals surface area contributed by atoms with Gasteiger partial charge in [0.25, 0.3) is 0 Å². The Hall–Kier alpha value is -1.70. The van der Waals surface area contributed by atoms with E-state index in [1.165, 1.54) is 11.3 Å². The number of methoxy groups -OCH3 is 2. The number of rotatable bonds is 3. The molecule has 2 aromatic heterocycles. The Bertz CT molecular complexity index is 920. The van der Waals surface area contributed by atoms with Gasteiger partial charge in [-0.1, -0.05) is 22.9 Å². The van der Waals surface area contributed by atoms with Crippen molar-refractivity contribution in [3.63, 3.8) is 0 Å². The van der Waals surface area contributed by atoms with Crippen LogP contribution in [0.15, 0.2) is 18.2 Å². The lowest BCUT2D eigenvalue weighted by molar-refractivity contribution is 0.393. The highest BCUT2D eigenvalue weighted by Gasteiger charge is 2.16. The Balaban J connectivity index is 2.35. The van der Waals surface area contributed by atoms with Crippen molar-refractivity contribution < 1.29 is 9.47 Å². The second-order valence-electron chi connectivity index (χ2n) is 4.46. The molecule has 0 aliphatic rings. The van der Waals surface area contributed by atoms with Gasteiger partial charge in [0.2, 0.25) is 0 Å². The van der Waals surface area contributed by atoms with Crippen LogP contribution in [0, 0.1) is 10.9 Å². The van der Waals surface area contributed by atoms with E-state index in [0.29, 0.717) is 32.1 Å². The normalized spacial score (nSPS) is 10.9. The summed E-state index contributed by atoms with van der Waals surface area (Å²) in [6, 6.07) is 5.53. The second kappa shape index (κ2) is 5.83. The number of halogens is 1. The van der Waals surface area contributed by atoms with Crippen molar-refractivity contribution in [1.29, 1.82) is 0 Å². The molecule has 0 aliphatic carbocycles. The van der Waals surface area contributed by atoms with Gasteiger partial charge in [-0.25, -0.2) is 9.97 Å². The monoisotopic (exact) mass is 353 g/mol. The molecule has 0 unspecified atom stereocenters. The quantitative estimate of drug-likeness (QED) is 0.522. The predicted molar refractivity (Wildman–Crippen MR) is 90.4 cm³/mol. The molecule has 3 aromatic rings. The summed E-state index contributed by atoms with van der Waals surface area (Å²) in [6.07, 6.45) is 0. The number of hydrogen-bond acceptors (Lipinski definition) is 6. The van der Waals surface area contributed by atoms with Gasteiger partial charge in [-0.05, 0) is 31.3 Å². The molecule has 0 saturated heterocycles. The molecule has 0 spiro atoms. The molecule has 5 nitrogen and oxygen atoms in total. The van der Waals surface area contributed by atoms with E-state index in [1.54, 1.807) is 27.2 Å². The van der Waals surface area contributed by atoms with Crippen molar-refractivity contribution in [2.45, 2.75) is 6.92 Å². The number of thiazole rings is 1. The Morgan fingerprint density at radius 1 is 1.23 bits per heavy atom. The summed E-state index contributed by atoms with van der Waals surface area (Å²) in [5.74, 6) is 1.93. The van der Waals surface area contributed by atoms with E-state index in [0.717, 1.165) is 10.4 Å². The minimum absolute atomic E-state index is 0.407. The highest BCUT2D eigenvalue weighted by molar-refractivity contribution is 7.73. The van der Waals surface area contributed by atoms with Crippen molar-refractivity contribution in [3.8, 4) is 17.2 Å². The molecule has 0 bridgehead atoms. The minimum atomic E-state index is 0.407. The Labute approximate surface area is 141 Å². The number of fused-ring (bicyclic) bond motifs is 1. The number of benzene rings is 1. The van der Waals surface area contributed by atoms with Crippen molar-refractivity contribution in [2.24, 2.45) is 0 Å². The number of aromatic nitrogens is 3. The van der Waals surface area contributed by atoms with E-state index in [9.17, 15) is 0 Å². The molecule has 0 aliphatic heterocycles. The first-order chi connectivity index (χ1) is 10.5. The third kappa shape index (κ3) is 2.45. The molecule has 0 N–H and O–H groups in total. The first-order valence-electron chi connectivity index (χ1n) is 6.33. The van der Waals surface area contributed by atoms with Crippen molar-refractivity contribution in [3.05, 3.63) is 33.1 Å². The number of ether oxygens (including phenoxy) is 2. The standard InChI is InChI=1S/C14H12ClN3O2S2/c1-7-16-12(15)11-13(17-7)18(14(21)22-11)9-5-4-8(19-2)6-10(9)20-3/h4-6H,1-3H3. The maximum Gasteiger partial charge on any atom is 0.168 e. The highest BCUT2D eigenvalue weighted by Crippen LogP contribution is 2.34. The van der Waals surface area contributed by atoms with Crippen LogP contribution in [0.5, 0.6) is 11.5 Å². The summed E-state index contributed by atoms with van der Waals surface area (Å²) in [4.78, 5) is 8.65. The predicted octanol–water partition coefficient (Wildman–Crippen LogP) is 4.19. The number of hydrogen-bond donors (Lipinski definition) is 0. The minimum Gasteiger partial charge on any atom is -0.497 e. The lowest BCUT2D eigenvalue weighted by Crippen LogP contribution is -2.01. The summed E-state index contributed by atoms with van der Waals surface area (Å²) in [7, 11) is 3.21. The molecule has 8 heteroatoms. The fourth-order valence-corrected chi connectivity index (χ4v) is 3.72. The van der Waals surface area contributed by atoms with Gasteiger partial charge in [0.1, 0.15) is 22.0 Å². The van der Waals surface area contributed by atoms with Crippen molar-refractivity contribution in [2.75, 3.05) is 14.2 Å². The molecule has 114 valence electrons. The zero-order valence-electron chi connectivity index (χ0n) is 12.1. The fourth-order valence-electron chi connectivity index (χ4n) is 2.15. The average Bonchev–Trinajstić information content (AvgIpc) is 2.83. The van der Waals surface area contributed by atoms with Crippen LogP contribution in [0.3, 0.4) is 0 Å². The smallest absolute Gasteiger partial charge is 0.168 e. The van der Waals surface area contributed by atoms with E-state index >= 15 is 0 Å². The molecular weight excluding hydrogens is 342 g/mol. The molecule has 0 atom stereocenters. The van der Waals surface area contributed by atoms with Gasteiger partial charge in [0.05, 0.1) is 19.9 Å². The molecule has 2 heterocycles. The van der Waals surface area contributed by atoms with Crippen LogP contribution >= 0.6 is 35.2 Å². The van der Waals surface area contributed by atoms with Gasteiger partial charge in [-0.15, -0.1) is 0 Å². The Morgan fingerprint density at radius 2 is 2.00 bits per heavy atom. The topological polar surface area (TPSA) is 49.2 Å². The van der Waals surface area contributed by atoms with Gasteiger partial charge in [-0.2, -0.15) is 0 Å². The maximum absolute atomic E-state index is 6.20. The summed E-state index contributed by atoms with van der Waals surface area (Å²) in [5, 5.41) is 0.407. The van der Waals surface area contributed by atoms with Gasteiger partial charge in [0, 0.05) is 6.07 Å². The SMILES string of the molecule is COc1ccc(-n2c(=S)sc3c(Cl)nc(C)nc32)c(OC)c1. The molecule has 0 amide bonds. The molecular formula is C14H12ClN3O2S2. The van der Waals surface area contributed by atoms with E-state index in [2.05, 4.69) is 9.97 Å². The van der Waals surface area contributed by atoms with E-state index in [1.807, 2.05) is 16.7 Å². The summed E-state index contributed by atoms with van der Waals surface area (Å²) >= 11 is 13.1. The summed E-state index contributed by atoms with van der Waals surface area (Å²) in [6.45, 7) is 1.79. The molecule has 22 heavy (non-hydrogen) atoms. The third-order valence-corrected chi connectivity index (χ3v) is 4.89. The number of nitrogens with zero attached hydrogens (tertiary/aromatic N) is 3. The molecule has 1 aromatic carbocycles. The van der Waals surface area contributed by atoms with Gasteiger partial charge < -0.3 is 9.47 Å². The van der Waals surface area contributed by atoms with Crippen LogP contribution < -0.4 is 9.47 Å². The highest BCUT2D eigenvalue weighted by atomic mass is 35.5. The lowest BCUT2D eigenvalue weighted by Gasteiger charge is -2.11. The number of aryl methyl sites for hydroxylation is 1. The van der Waals surface area contributed by atoms with E-state index in [-0.39, 0.29) is 0 Å². The van der Waals surface area contributed by atoms with Crippen molar-refractivity contribution >= 4 is 45.5 Å². The van der Waals surface area contributed by atoms with Gasteiger partial charge in [-0.3, -0.25) is 4.57 Å². The Morgan fingerprint density at radius 3 is 2.68 bits per heavy atom. The van der Waals surface area contributed by atoms with Crippen LogP contribution in [0.1, 0.15) is 5.82 Å². The first kappa shape index (κ1) is 15.2. The summed E-state index contributed by atoms with van der Waals surface area (Å²) < 4.78 is 13.9. The largest absolute Gasteiger partial charge is 0.497 e. The first-order valence-corrected chi connectivity index (χ1v) is 7.93. The zero-order valence-corrected chi connectivity index (χ0v) is 14.5. The molecule has 3 rings (SSSR count). The average molecular weight is 354 g/mol. The summed E-state index contributed by atoms with van der Waals surface area (Å²) in [5.41, 5.74) is 1.46. The molecule has 0 saturated carbocycles. The molecule has 0 fully saturated rings. The van der Waals surface area contributed by atoms with Crippen LogP contribution in [-0.2, 0) is 0 Å². The third-order valence-electron chi connectivity index (χ3n) is 3.13. The van der Waals surface area contributed by atoms with E-state index < -0.39 is 0 Å². The van der Waals surface area contributed by atoms with Crippen LogP contribution in [0.2, 0.25) is 5.15 Å². The lowest BCUT2D eigenvalue weighted by atomic mass is 10.2. The zero-order chi connectivity index (χ0) is 15.9. The molecule has 0 radical (unpaired) electrons. The van der Waals surface area contributed by atoms with Gasteiger partial charge in [0.15, 0.2) is 14.8 Å².